The van der Waals surface area contributed by atoms with Gasteiger partial charge in [0.2, 0.25) is 0 Å². The molecular formula is C28H31N3O6. The van der Waals surface area contributed by atoms with Crippen LogP contribution in [0, 0.1) is 0 Å². The van der Waals surface area contributed by atoms with E-state index in [1.165, 1.54) is 5.06 Å². The van der Waals surface area contributed by atoms with E-state index in [0.717, 1.165) is 5.75 Å². The largest absolute Gasteiger partial charge is 0.487 e. The number of carbonyl (C=O) groups excluding carboxylic acids is 2. The fourth-order valence-corrected chi connectivity index (χ4v) is 3.69. The second-order valence-electron chi connectivity index (χ2n) is 9.57. The summed E-state index contributed by atoms with van der Waals surface area (Å²) < 4.78 is 16.9. The Morgan fingerprint density at radius 3 is 2.41 bits per heavy atom. The number of nitrogens with one attached hydrogen (secondary N) is 1. The number of rotatable bonds is 8. The number of amides is 1. The first-order chi connectivity index (χ1) is 17.7. The van der Waals surface area contributed by atoms with Crippen molar-refractivity contribution in [2.75, 3.05) is 13.1 Å². The van der Waals surface area contributed by atoms with E-state index in [-0.39, 0.29) is 12.6 Å². The number of hydrogen-bond acceptors (Lipinski definition) is 8. The molecule has 0 bridgehead atoms. The number of carbonyl (C=O) groups is 2. The lowest BCUT2D eigenvalue weighted by atomic mass is 10.2. The fourth-order valence-electron chi connectivity index (χ4n) is 3.69. The molecule has 0 saturated carbocycles. The van der Waals surface area contributed by atoms with E-state index in [1.54, 1.807) is 51.2 Å². The van der Waals surface area contributed by atoms with Crippen molar-refractivity contribution in [3.8, 4) is 17.2 Å². The number of nitrogens with zero attached hydrogens (tertiary/aromatic N) is 2. The second kappa shape index (κ2) is 11.7. The summed E-state index contributed by atoms with van der Waals surface area (Å²) in [5.74, 6) is 1.51. The number of para-hydroxylation sites is 1. The highest BCUT2D eigenvalue weighted by Crippen LogP contribution is 2.24. The zero-order valence-electron chi connectivity index (χ0n) is 21.2. The van der Waals surface area contributed by atoms with Gasteiger partial charge in [0.05, 0.1) is 17.8 Å². The van der Waals surface area contributed by atoms with Gasteiger partial charge >= 0.3 is 12.1 Å². The highest BCUT2D eigenvalue weighted by atomic mass is 16.7. The van der Waals surface area contributed by atoms with Gasteiger partial charge in [0.25, 0.3) is 0 Å². The number of alkyl carbamates (subject to hydrolysis) is 1. The van der Waals surface area contributed by atoms with Crippen LogP contribution in [0.5, 0.6) is 17.2 Å². The average molecular weight is 506 g/mol. The van der Waals surface area contributed by atoms with Crippen LogP contribution < -0.4 is 14.8 Å². The lowest BCUT2D eigenvalue weighted by Gasteiger charge is -2.21. The zero-order valence-corrected chi connectivity index (χ0v) is 21.2. The maximum absolute atomic E-state index is 12.9. The van der Waals surface area contributed by atoms with Crippen molar-refractivity contribution in [2.24, 2.45) is 0 Å². The summed E-state index contributed by atoms with van der Waals surface area (Å²) in [5.41, 5.74) is 0.195. The lowest BCUT2D eigenvalue weighted by molar-refractivity contribution is -0.0941. The first kappa shape index (κ1) is 26.0. The molecule has 1 saturated heterocycles. The molecule has 1 amide bonds. The van der Waals surface area contributed by atoms with E-state index in [0.29, 0.717) is 42.3 Å². The fraction of sp³-hybridized carbons (Fsp3) is 0.321. The molecule has 0 spiro atoms. The van der Waals surface area contributed by atoms with Crippen molar-refractivity contribution >= 4 is 12.1 Å². The molecule has 1 aromatic heterocycles. The minimum atomic E-state index is -0.578. The van der Waals surface area contributed by atoms with Crippen LogP contribution in [-0.4, -0.2) is 46.8 Å². The first-order valence-corrected chi connectivity index (χ1v) is 12.1. The lowest BCUT2D eigenvalue weighted by Crippen LogP contribution is -2.40. The average Bonchev–Trinajstić information content (AvgIpc) is 3.29. The Kier molecular flexibility index (Phi) is 8.25. The van der Waals surface area contributed by atoms with Crippen LogP contribution in [0.2, 0.25) is 0 Å². The smallest absolute Gasteiger partial charge is 0.407 e. The summed E-state index contributed by atoms with van der Waals surface area (Å²) in [6, 6.07) is 19.9. The van der Waals surface area contributed by atoms with E-state index >= 15 is 0 Å². The summed E-state index contributed by atoms with van der Waals surface area (Å²) in [6.07, 6.45) is 1.75. The Bertz CT molecular complexity index is 1190. The normalized spacial score (nSPS) is 15.6. The summed E-state index contributed by atoms with van der Waals surface area (Å²) in [7, 11) is 0. The Balaban J connectivity index is 1.29. The highest BCUT2D eigenvalue weighted by Gasteiger charge is 2.29. The van der Waals surface area contributed by atoms with E-state index in [9.17, 15) is 9.59 Å². The Morgan fingerprint density at radius 1 is 0.973 bits per heavy atom. The molecule has 1 N–H and O–H groups in total. The van der Waals surface area contributed by atoms with Gasteiger partial charge < -0.3 is 24.4 Å². The molecule has 2 aromatic carbocycles. The van der Waals surface area contributed by atoms with Crippen LogP contribution in [0.25, 0.3) is 0 Å². The zero-order chi connectivity index (χ0) is 26.3. The van der Waals surface area contributed by atoms with Crippen molar-refractivity contribution < 1.29 is 28.6 Å². The maximum atomic E-state index is 12.9. The topological polar surface area (TPSA) is 99.2 Å². The van der Waals surface area contributed by atoms with Crippen LogP contribution in [0.1, 0.15) is 43.2 Å². The molecular weight excluding hydrogens is 474 g/mol. The molecule has 1 aliphatic rings. The number of aromatic nitrogens is 1. The Labute approximate surface area is 216 Å². The third kappa shape index (κ3) is 7.94. The van der Waals surface area contributed by atoms with Gasteiger partial charge in [-0.1, -0.05) is 18.2 Å². The number of hydroxylamine groups is 2. The minimum Gasteiger partial charge on any atom is -0.487 e. The summed E-state index contributed by atoms with van der Waals surface area (Å²) >= 11 is 0. The van der Waals surface area contributed by atoms with Gasteiger partial charge in [-0.2, -0.15) is 0 Å². The van der Waals surface area contributed by atoms with Gasteiger partial charge in [-0.15, -0.1) is 5.06 Å². The van der Waals surface area contributed by atoms with E-state index in [2.05, 4.69) is 10.3 Å². The molecule has 9 nitrogen and oxygen atoms in total. The van der Waals surface area contributed by atoms with Crippen molar-refractivity contribution in [3.05, 3.63) is 84.2 Å². The van der Waals surface area contributed by atoms with Gasteiger partial charge in [-0.3, -0.25) is 4.98 Å². The number of benzene rings is 2. The van der Waals surface area contributed by atoms with Crippen LogP contribution in [0.3, 0.4) is 0 Å². The van der Waals surface area contributed by atoms with Crippen LogP contribution in [0.15, 0.2) is 72.9 Å². The van der Waals surface area contributed by atoms with Gasteiger partial charge in [0, 0.05) is 18.8 Å². The summed E-state index contributed by atoms with van der Waals surface area (Å²) in [4.78, 5) is 34.8. The highest BCUT2D eigenvalue weighted by molar-refractivity contribution is 5.90. The van der Waals surface area contributed by atoms with Gasteiger partial charge in [0.15, 0.2) is 0 Å². The van der Waals surface area contributed by atoms with Crippen molar-refractivity contribution in [1.82, 2.24) is 15.4 Å². The second-order valence-corrected chi connectivity index (χ2v) is 9.57. The van der Waals surface area contributed by atoms with Gasteiger partial charge in [0.1, 0.15) is 29.5 Å². The van der Waals surface area contributed by atoms with Gasteiger partial charge in [-0.25, -0.2) is 9.59 Å². The molecule has 2 heterocycles. The Morgan fingerprint density at radius 2 is 1.68 bits per heavy atom. The first-order valence-electron chi connectivity index (χ1n) is 12.1. The predicted octanol–water partition coefficient (Wildman–Crippen LogP) is 5.12. The van der Waals surface area contributed by atoms with E-state index in [4.69, 9.17) is 19.0 Å². The van der Waals surface area contributed by atoms with Crippen LogP contribution in [-0.2, 0) is 16.2 Å². The molecule has 1 unspecified atom stereocenters. The predicted molar refractivity (Wildman–Crippen MR) is 136 cm³/mol. The molecule has 0 radical (unpaired) electrons. The van der Waals surface area contributed by atoms with Gasteiger partial charge in [-0.05, 0) is 75.7 Å². The molecule has 1 fully saturated rings. The molecule has 4 rings (SSSR count). The number of ether oxygens (including phenoxy) is 3. The van der Waals surface area contributed by atoms with Crippen LogP contribution in [0.4, 0.5) is 4.79 Å². The van der Waals surface area contributed by atoms with Crippen molar-refractivity contribution in [3.63, 3.8) is 0 Å². The molecule has 194 valence electrons. The van der Waals surface area contributed by atoms with E-state index < -0.39 is 17.7 Å². The van der Waals surface area contributed by atoms with E-state index in [1.807, 2.05) is 42.5 Å². The molecule has 1 atom stereocenters. The maximum Gasteiger partial charge on any atom is 0.407 e. The summed E-state index contributed by atoms with van der Waals surface area (Å²) in [5, 5.41) is 4.35. The van der Waals surface area contributed by atoms with Crippen molar-refractivity contribution in [2.45, 2.75) is 45.4 Å². The third-order valence-corrected chi connectivity index (χ3v) is 5.37. The number of hydrogen-bond donors (Lipinski definition) is 1. The number of pyridine rings is 1. The Hall–Kier alpha value is -4.11. The molecule has 0 aliphatic carbocycles. The molecule has 9 heteroatoms. The molecule has 1 aliphatic heterocycles. The molecule has 3 aromatic rings. The quantitative estimate of drug-likeness (QED) is 0.450. The van der Waals surface area contributed by atoms with Crippen LogP contribution >= 0.6 is 0 Å². The minimum absolute atomic E-state index is 0.0903. The monoisotopic (exact) mass is 505 g/mol. The third-order valence-electron chi connectivity index (χ3n) is 5.37. The molecule has 37 heavy (non-hydrogen) atoms. The van der Waals surface area contributed by atoms with Crippen molar-refractivity contribution in [1.29, 1.82) is 0 Å². The standard InChI is InChI=1S/C28H31N3O6/c1-28(2,3)36-27(33)30-20-15-17-31(18-20)37-26(32)24-10-7-16-29-25(24)19-34-21-11-13-23(14-12-21)35-22-8-5-4-6-9-22/h4-14,16,20H,15,17-19H2,1-3H3,(H,30,33). The summed E-state index contributed by atoms with van der Waals surface area (Å²) in [6.45, 7) is 6.37. The SMILES string of the molecule is CC(C)(C)OC(=O)NC1CCN(OC(=O)c2cccnc2COc2ccc(Oc3ccccc3)cc2)C1.